The van der Waals surface area contributed by atoms with Gasteiger partial charge >= 0.3 is 6.18 Å². The fourth-order valence-electron chi connectivity index (χ4n) is 3.49. The van der Waals surface area contributed by atoms with E-state index in [1.807, 2.05) is 29.2 Å². The predicted octanol–water partition coefficient (Wildman–Crippen LogP) is 3.53. The van der Waals surface area contributed by atoms with Crippen molar-refractivity contribution in [2.24, 2.45) is 0 Å². The number of amides is 1. The normalized spacial score (nSPS) is 14.3. The molecule has 2 aromatic heterocycles. The summed E-state index contributed by atoms with van der Waals surface area (Å²) < 4.78 is 38.7. The van der Waals surface area contributed by atoms with Crippen molar-refractivity contribution in [3.8, 4) is 0 Å². The Morgan fingerprint density at radius 2 is 1.75 bits per heavy atom. The number of alkyl halides is 3. The number of piperazine rings is 1. The summed E-state index contributed by atoms with van der Waals surface area (Å²) in [5, 5.41) is 3.12. The molecule has 0 saturated carbocycles. The van der Waals surface area contributed by atoms with Crippen molar-refractivity contribution in [1.29, 1.82) is 0 Å². The van der Waals surface area contributed by atoms with Gasteiger partial charge in [0, 0.05) is 38.4 Å². The Bertz CT molecular complexity index is 1070. The number of aromatic nitrogens is 3. The lowest BCUT2D eigenvalue weighted by Gasteiger charge is -2.35. The van der Waals surface area contributed by atoms with Crippen LogP contribution in [0.3, 0.4) is 0 Å². The highest BCUT2D eigenvalue weighted by Crippen LogP contribution is 2.29. The van der Waals surface area contributed by atoms with Gasteiger partial charge in [0.1, 0.15) is 23.8 Å². The predicted molar refractivity (Wildman–Crippen MR) is 113 cm³/mol. The first-order valence-corrected chi connectivity index (χ1v) is 10.1. The summed E-state index contributed by atoms with van der Waals surface area (Å²) in [4.78, 5) is 29.1. The third kappa shape index (κ3) is 5.32. The molecule has 166 valence electrons. The molecule has 0 aliphatic carbocycles. The highest BCUT2D eigenvalue weighted by atomic mass is 19.4. The van der Waals surface area contributed by atoms with E-state index >= 15 is 0 Å². The zero-order valence-electron chi connectivity index (χ0n) is 17.1. The molecule has 0 spiro atoms. The fraction of sp³-hybridized carbons (Fsp3) is 0.273. The number of hydrogen-bond acceptors (Lipinski definition) is 6. The third-order valence-electron chi connectivity index (χ3n) is 5.14. The second kappa shape index (κ2) is 9.21. The van der Waals surface area contributed by atoms with Gasteiger partial charge < -0.3 is 15.1 Å². The van der Waals surface area contributed by atoms with E-state index in [0.29, 0.717) is 43.4 Å². The molecule has 0 bridgehead atoms. The summed E-state index contributed by atoms with van der Waals surface area (Å²) in [5.74, 6) is 1.81. The van der Waals surface area contributed by atoms with Gasteiger partial charge in [-0.15, -0.1) is 0 Å². The van der Waals surface area contributed by atoms with Crippen molar-refractivity contribution >= 4 is 23.4 Å². The Balaban J connectivity index is 1.34. The molecule has 0 atom stereocenters. The number of nitrogens with one attached hydrogen (secondary N) is 1. The van der Waals surface area contributed by atoms with E-state index in [1.54, 1.807) is 17.2 Å². The lowest BCUT2D eigenvalue weighted by Crippen LogP contribution is -2.49. The van der Waals surface area contributed by atoms with Gasteiger partial charge in [-0.05, 0) is 23.8 Å². The van der Waals surface area contributed by atoms with Crippen LogP contribution in [0.4, 0.5) is 30.6 Å². The minimum atomic E-state index is -4.42. The summed E-state index contributed by atoms with van der Waals surface area (Å²) in [6.07, 6.45) is -1.34. The van der Waals surface area contributed by atoms with Crippen LogP contribution in [0.1, 0.15) is 11.1 Å². The molecule has 7 nitrogen and oxygen atoms in total. The standard InChI is InChI=1S/C22H21F3N6O/c23-22(24,25)17-5-3-4-16(12-17)13-21(32)31-10-8-30(9-11-31)20-14-19(27-15-28-20)29-18-6-1-2-7-26-18/h1-7,12,14-15H,8-11,13H2,(H,26,27,28,29). The number of halogens is 3. The van der Waals surface area contributed by atoms with Crippen molar-refractivity contribution in [1.82, 2.24) is 19.9 Å². The average Bonchev–Trinajstić information content (AvgIpc) is 2.80. The molecule has 0 unspecified atom stereocenters. The topological polar surface area (TPSA) is 74.2 Å². The van der Waals surface area contributed by atoms with Gasteiger partial charge in [0.25, 0.3) is 0 Å². The van der Waals surface area contributed by atoms with Gasteiger partial charge in [-0.25, -0.2) is 15.0 Å². The molecule has 1 aliphatic heterocycles. The molecule has 1 aromatic carbocycles. The van der Waals surface area contributed by atoms with Crippen LogP contribution in [0.25, 0.3) is 0 Å². The maximum absolute atomic E-state index is 12.9. The summed E-state index contributed by atoms with van der Waals surface area (Å²) in [5.41, 5.74) is -0.389. The highest BCUT2D eigenvalue weighted by Gasteiger charge is 2.30. The Hall–Kier alpha value is -3.69. The van der Waals surface area contributed by atoms with Gasteiger partial charge in [-0.2, -0.15) is 13.2 Å². The molecule has 1 aliphatic rings. The van der Waals surface area contributed by atoms with Crippen molar-refractivity contribution in [3.05, 3.63) is 72.2 Å². The number of hydrogen-bond donors (Lipinski definition) is 1. The van der Waals surface area contributed by atoms with Gasteiger partial charge in [-0.3, -0.25) is 4.79 Å². The molecule has 3 aromatic rings. The van der Waals surface area contributed by atoms with Crippen LogP contribution >= 0.6 is 0 Å². The SMILES string of the molecule is O=C(Cc1cccc(C(F)(F)F)c1)N1CCN(c2cc(Nc3ccccn3)ncn2)CC1. The van der Waals surface area contributed by atoms with Crippen LogP contribution in [0.15, 0.2) is 61.1 Å². The summed E-state index contributed by atoms with van der Waals surface area (Å²) in [6, 6.07) is 12.2. The second-order valence-electron chi connectivity index (χ2n) is 7.34. The smallest absolute Gasteiger partial charge is 0.353 e. The monoisotopic (exact) mass is 442 g/mol. The van der Waals surface area contributed by atoms with Crippen molar-refractivity contribution in [2.45, 2.75) is 12.6 Å². The summed E-state index contributed by atoms with van der Waals surface area (Å²) in [6.45, 7) is 2.05. The number of pyridine rings is 1. The van der Waals surface area contributed by atoms with Crippen LogP contribution in [0.5, 0.6) is 0 Å². The molecular weight excluding hydrogens is 421 g/mol. The lowest BCUT2D eigenvalue weighted by molar-refractivity contribution is -0.138. The molecular formula is C22H21F3N6O. The second-order valence-corrected chi connectivity index (χ2v) is 7.34. The van der Waals surface area contributed by atoms with Crippen LogP contribution in [0, 0.1) is 0 Å². The zero-order chi connectivity index (χ0) is 22.6. The summed E-state index contributed by atoms with van der Waals surface area (Å²) >= 11 is 0. The molecule has 4 rings (SSSR count). The number of anilines is 3. The number of nitrogens with zero attached hydrogens (tertiary/aromatic N) is 5. The van der Waals surface area contributed by atoms with E-state index in [2.05, 4.69) is 20.3 Å². The molecule has 0 radical (unpaired) electrons. The first kappa shape index (κ1) is 21.5. The number of carbonyl (C=O) groups is 1. The van der Waals surface area contributed by atoms with E-state index in [4.69, 9.17) is 0 Å². The Morgan fingerprint density at radius 1 is 0.938 bits per heavy atom. The van der Waals surface area contributed by atoms with E-state index in [9.17, 15) is 18.0 Å². The average molecular weight is 442 g/mol. The molecule has 1 saturated heterocycles. The van der Waals surface area contributed by atoms with Gasteiger partial charge in [0.15, 0.2) is 0 Å². The van der Waals surface area contributed by atoms with Crippen molar-refractivity contribution in [2.75, 3.05) is 36.4 Å². The summed E-state index contributed by atoms with van der Waals surface area (Å²) in [7, 11) is 0. The minimum absolute atomic E-state index is 0.0599. The molecule has 1 N–H and O–H groups in total. The highest BCUT2D eigenvalue weighted by molar-refractivity contribution is 5.79. The number of benzene rings is 1. The Labute approximate surface area is 182 Å². The van der Waals surface area contributed by atoms with Gasteiger partial charge in [0.05, 0.1) is 12.0 Å². The van der Waals surface area contributed by atoms with Crippen molar-refractivity contribution < 1.29 is 18.0 Å². The molecule has 3 heterocycles. The van der Waals surface area contributed by atoms with Crippen LogP contribution in [-0.4, -0.2) is 51.9 Å². The lowest BCUT2D eigenvalue weighted by atomic mass is 10.1. The first-order chi connectivity index (χ1) is 15.4. The Morgan fingerprint density at radius 3 is 2.47 bits per heavy atom. The van der Waals surface area contributed by atoms with E-state index in [1.165, 1.54) is 12.4 Å². The zero-order valence-corrected chi connectivity index (χ0v) is 17.1. The minimum Gasteiger partial charge on any atom is -0.353 e. The number of rotatable bonds is 5. The van der Waals surface area contributed by atoms with E-state index < -0.39 is 11.7 Å². The fourth-order valence-corrected chi connectivity index (χ4v) is 3.49. The van der Waals surface area contributed by atoms with E-state index in [0.717, 1.165) is 18.0 Å². The Kier molecular flexibility index (Phi) is 6.20. The maximum atomic E-state index is 12.9. The van der Waals surface area contributed by atoms with Crippen LogP contribution in [-0.2, 0) is 17.4 Å². The third-order valence-corrected chi connectivity index (χ3v) is 5.14. The molecule has 1 amide bonds. The van der Waals surface area contributed by atoms with E-state index in [-0.39, 0.29) is 12.3 Å². The molecule has 10 heteroatoms. The first-order valence-electron chi connectivity index (χ1n) is 10.1. The molecule has 32 heavy (non-hydrogen) atoms. The molecule has 1 fully saturated rings. The van der Waals surface area contributed by atoms with Gasteiger partial charge in [0.2, 0.25) is 5.91 Å². The van der Waals surface area contributed by atoms with Crippen LogP contribution < -0.4 is 10.2 Å². The van der Waals surface area contributed by atoms with Crippen LogP contribution in [0.2, 0.25) is 0 Å². The van der Waals surface area contributed by atoms with Crippen molar-refractivity contribution in [3.63, 3.8) is 0 Å². The number of carbonyl (C=O) groups excluding carboxylic acids is 1. The van der Waals surface area contributed by atoms with Gasteiger partial charge in [-0.1, -0.05) is 24.3 Å². The maximum Gasteiger partial charge on any atom is 0.416 e. The quantitative estimate of drug-likeness (QED) is 0.652. The largest absolute Gasteiger partial charge is 0.416 e.